The van der Waals surface area contributed by atoms with Crippen molar-refractivity contribution in [3.05, 3.63) is 86.7 Å². The molecule has 45 heavy (non-hydrogen) atoms. The maximum absolute atomic E-state index is 13.4. The summed E-state index contributed by atoms with van der Waals surface area (Å²) in [6.07, 6.45) is 3.76. The lowest BCUT2D eigenvalue weighted by atomic mass is 10.1. The molecule has 1 saturated heterocycles. The third-order valence-electron chi connectivity index (χ3n) is 7.65. The molecule has 14 heteroatoms. The maximum Gasteiger partial charge on any atom is 0.293 e. The molecule has 1 aliphatic rings. The molecule has 0 unspecified atom stereocenters. The van der Waals surface area contributed by atoms with Crippen molar-refractivity contribution in [2.75, 3.05) is 43.5 Å². The fourth-order valence-electron chi connectivity index (χ4n) is 5.50. The van der Waals surface area contributed by atoms with Crippen molar-refractivity contribution >= 4 is 40.2 Å². The molecule has 2 amide bonds. The van der Waals surface area contributed by atoms with Crippen LogP contribution in [-0.4, -0.2) is 73.8 Å². The minimum atomic E-state index is -0.731. The van der Waals surface area contributed by atoms with Crippen molar-refractivity contribution < 1.29 is 19.2 Å². The van der Waals surface area contributed by atoms with E-state index in [1.807, 2.05) is 42.7 Å². The molecule has 1 aliphatic heterocycles. The SMILES string of the molecule is CCn1nc(C)cc1C(=O)Nc1nc2cccc(CN3CCOCC3)c2n1C/C=C/CNc1c(C)cc(C(N)=O)cc1[N+](=O)[O-]. The molecule has 5 rings (SSSR count). The van der Waals surface area contributed by atoms with Crippen molar-refractivity contribution in [2.45, 2.75) is 40.4 Å². The summed E-state index contributed by atoms with van der Waals surface area (Å²) in [6.45, 7) is 10.4. The van der Waals surface area contributed by atoms with Gasteiger partial charge in [0.2, 0.25) is 11.9 Å². The van der Waals surface area contributed by atoms with E-state index in [2.05, 4.69) is 26.7 Å². The molecular formula is C31H37N9O5. The number of nitrogens with zero attached hydrogens (tertiary/aromatic N) is 6. The highest BCUT2D eigenvalue weighted by Crippen LogP contribution is 2.30. The van der Waals surface area contributed by atoms with E-state index in [1.54, 1.807) is 17.7 Å². The number of allylic oxidation sites excluding steroid dienone is 1. The van der Waals surface area contributed by atoms with E-state index < -0.39 is 10.8 Å². The van der Waals surface area contributed by atoms with Gasteiger partial charge in [-0.3, -0.25) is 34.6 Å². The van der Waals surface area contributed by atoms with Crippen molar-refractivity contribution in [1.29, 1.82) is 0 Å². The first-order chi connectivity index (χ1) is 21.7. The molecule has 0 atom stereocenters. The number of benzene rings is 2. The Labute approximate surface area is 260 Å². The van der Waals surface area contributed by atoms with Crippen molar-refractivity contribution in [3.63, 3.8) is 0 Å². The molecule has 0 spiro atoms. The lowest BCUT2D eigenvalue weighted by Crippen LogP contribution is -2.35. The summed E-state index contributed by atoms with van der Waals surface area (Å²) >= 11 is 0. The molecule has 236 valence electrons. The molecule has 0 radical (unpaired) electrons. The predicted octanol–water partition coefficient (Wildman–Crippen LogP) is 3.63. The van der Waals surface area contributed by atoms with Gasteiger partial charge in [0.1, 0.15) is 11.4 Å². The number of nitro groups is 1. The van der Waals surface area contributed by atoms with Gasteiger partial charge in [-0.25, -0.2) is 4.98 Å². The molecule has 0 aliphatic carbocycles. The Morgan fingerprint density at radius 3 is 2.64 bits per heavy atom. The second-order valence-electron chi connectivity index (χ2n) is 10.8. The Balaban J connectivity index is 1.42. The number of fused-ring (bicyclic) bond motifs is 1. The topological polar surface area (TPSA) is 175 Å². The van der Waals surface area contributed by atoms with Crippen LogP contribution in [0.5, 0.6) is 0 Å². The number of morpholine rings is 1. The number of primary amides is 1. The smallest absolute Gasteiger partial charge is 0.293 e. The summed E-state index contributed by atoms with van der Waals surface area (Å²) < 4.78 is 9.15. The number of carbonyl (C=O) groups excluding carboxylic acids is 2. The van der Waals surface area contributed by atoms with E-state index in [-0.39, 0.29) is 23.7 Å². The average Bonchev–Trinajstić information content (AvgIpc) is 3.57. The van der Waals surface area contributed by atoms with Gasteiger partial charge in [-0.15, -0.1) is 0 Å². The lowest BCUT2D eigenvalue weighted by Gasteiger charge is -2.27. The van der Waals surface area contributed by atoms with Gasteiger partial charge >= 0.3 is 0 Å². The minimum Gasteiger partial charge on any atom is -0.379 e. The third kappa shape index (κ3) is 7.02. The zero-order valence-corrected chi connectivity index (χ0v) is 25.6. The Morgan fingerprint density at radius 2 is 1.93 bits per heavy atom. The summed E-state index contributed by atoms with van der Waals surface area (Å²) in [5.74, 6) is -0.640. The van der Waals surface area contributed by atoms with Crippen LogP contribution in [0.2, 0.25) is 0 Å². The Morgan fingerprint density at radius 1 is 1.16 bits per heavy atom. The molecule has 1 fully saturated rings. The van der Waals surface area contributed by atoms with Crippen LogP contribution in [0.25, 0.3) is 11.0 Å². The van der Waals surface area contributed by atoms with Crippen LogP contribution in [0.4, 0.5) is 17.3 Å². The van der Waals surface area contributed by atoms with Crippen molar-refractivity contribution in [3.8, 4) is 0 Å². The van der Waals surface area contributed by atoms with Crippen LogP contribution in [0.3, 0.4) is 0 Å². The molecule has 4 N–H and O–H groups in total. The van der Waals surface area contributed by atoms with E-state index in [1.165, 1.54) is 12.1 Å². The van der Waals surface area contributed by atoms with Crippen LogP contribution in [0.15, 0.2) is 48.6 Å². The number of aromatic nitrogens is 4. The Bertz CT molecular complexity index is 1770. The molecule has 4 aromatic rings. The fourth-order valence-corrected chi connectivity index (χ4v) is 5.50. The number of hydrogen-bond acceptors (Lipinski definition) is 9. The van der Waals surface area contributed by atoms with Gasteiger partial charge in [-0.1, -0.05) is 24.3 Å². The van der Waals surface area contributed by atoms with Crippen LogP contribution in [0.1, 0.15) is 44.6 Å². The molecule has 0 bridgehead atoms. The number of rotatable bonds is 12. The van der Waals surface area contributed by atoms with Gasteiger partial charge in [-0.05, 0) is 50.1 Å². The zero-order chi connectivity index (χ0) is 32.1. The van der Waals surface area contributed by atoms with Crippen molar-refractivity contribution in [1.82, 2.24) is 24.2 Å². The number of nitrogens with two attached hydrogens (primary N) is 1. The largest absolute Gasteiger partial charge is 0.379 e. The predicted molar refractivity (Wildman–Crippen MR) is 170 cm³/mol. The zero-order valence-electron chi connectivity index (χ0n) is 25.6. The average molecular weight is 616 g/mol. The van der Waals surface area contributed by atoms with Crippen molar-refractivity contribution in [2.24, 2.45) is 5.73 Å². The fraction of sp³-hybridized carbons (Fsp3) is 0.355. The first-order valence-electron chi connectivity index (χ1n) is 14.8. The maximum atomic E-state index is 13.4. The number of anilines is 2. The lowest BCUT2D eigenvalue weighted by molar-refractivity contribution is -0.384. The van der Waals surface area contributed by atoms with Gasteiger partial charge < -0.3 is 20.4 Å². The van der Waals surface area contributed by atoms with Gasteiger partial charge in [0.25, 0.3) is 11.6 Å². The molecule has 0 saturated carbocycles. The van der Waals surface area contributed by atoms with Crippen LogP contribution < -0.4 is 16.4 Å². The molecular weight excluding hydrogens is 578 g/mol. The number of imidazole rings is 1. The number of nitrogens with one attached hydrogen (secondary N) is 2. The van der Waals surface area contributed by atoms with Crippen LogP contribution in [0, 0.1) is 24.0 Å². The molecule has 14 nitrogen and oxygen atoms in total. The Hall–Kier alpha value is -5.08. The van der Waals surface area contributed by atoms with E-state index in [9.17, 15) is 19.7 Å². The number of amides is 2. The van der Waals surface area contributed by atoms with Gasteiger partial charge in [0.15, 0.2) is 0 Å². The summed E-state index contributed by atoms with van der Waals surface area (Å²) in [5, 5.41) is 22.2. The summed E-state index contributed by atoms with van der Waals surface area (Å²) in [4.78, 5) is 43.3. The monoisotopic (exact) mass is 615 g/mol. The summed E-state index contributed by atoms with van der Waals surface area (Å²) in [5.41, 5.74) is 9.97. The first-order valence-corrected chi connectivity index (χ1v) is 14.8. The second kappa shape index (κ2) is 13.7. The number of ether oxygens (including phenoxy) is 1. The third-order valence-corrected chi connectivity index (χ3v) is 7.65. The minimum absolute atomic E-state index is 0.0758. The van der Waals surface area contributed by atoms with Gasteiger partial charge in [0.05, 0.1) is 34.9 Å². The molecule has 3 heterocycles. The molecule has 2 aromatic carbocycles. The highest BCUT2D eigenvalue weighted by Gasteiger charge is 2.21. The van der Waals surface area contributed by atoms with E-state index in [4.69, 9.17) is 15.5 Å². The number of carbonyl (C=O) groups is 2. The quantitative estimate of drug-likeness (QED) is 0.122. The van der Waals surface area contributed by atoms with E-state index in [0.29, 0.717) is 55.7 Å². The highest BCUT2D eigenvalue weighted by molar-refractivity contribution is 6.03. The second-order valence-corrected chi connectivity index (χ2v) is 10.8. The molecule has 2 aromatic heterocycles. The normalized spacial score (nSPS) is 13.8. The Kier molecular flexibility index (Phi) is 9.54. The number of para-hydroxylation sites is 1. The van der Waals surface area contributed by atoms with Gasteiger partial charge in [0, 0.05) is 50.9 Å². The number of hydrogen-bond donors (Lipinski definition) is 3. The van der Waals surface area contributed by atoms with E-state index >= 15 is 0 Å². The standard InChI is InChI=1S/C31H37N9O5/c1-4-39-26(17-21(3)36-39)30(42)35-31-34-24-9-7-8-22(19-37-12-14-45-15-13-37)28(24)38(31)11-6-5-10-33-27-20(2)16-23(29(32)41)18-25(27)40(43)44/h5-9,16-18,33H,4,10-15,19H2,1-3H3,(H2,32,41)(H,34,35,42)/b6-5+. The number of aryl methyl sites for hydroxylation is 3. The number of nitro benzene ring substituents is 1. The summed E-state index contributed by atoms with van der Waals surface area (Å²) in [6, 6.07) is 10.4. The summed E-state index contributed by atoms with van der Waals surface area (Å²) in [7, 11) is 0. The van der Waals surface area contributed by atoms with E-state index in [0.717, 1.165) is 35.4 Å². The first kappa shape index (κ1) is 31.3. The highest BCUT2D eigenvalue weighted by atomic mass is 16.6. The van der Waals surface area contributed by atoms with Crippen LogP contribution in [-0.2, 0) is 24.4 Å². The van der Waals surface area contributed by atoms with Crippen LogP contribution >= 0.6 is 0 Å². The van der Waals surface area contributed by atoms with Gasteiger partial charge in [-0.2, -0.15) is 5.10 Å².